The van der Waals surface area contributed by atoms with Gasteiger partial charge in [0.1, 0.15) is 11.8 Å². The van der Waals surface area contributed by atoms with E-state index in [1.807, 2.05) is 0 Å². The van der Waals surface area contributed by atoms with Gasteiger partial charge >= 0.3 is 11.9 Å². The summed E-state index contributed by atoms with van der Waals surface area (Å²) in [6.45, 7) is 3.58. The number of carboxylic acid groups (broad SMARTS) is 1. The standard InChI is InChI=1S/C13H21NO6/c1-3-9(15)5-6-10(13(18)19)14-11(16)7-8-12(17)20-4-2/h10H,3-8H2,1-2H3,(H,14,16)(H,18,19)/t10-/m1/s1. The molecule has 2 N–H and O–H groups in total. The summed E-state index contributed by atoms with van der Waals surface area (Å²) in [6, 6.07) is -1.11. The number of hydrogen-bond donors (Lipinski definition) is 2. The van der Waals surface area contributed by atoms with Gasteiger partial charge < -0.3 is 15.2 Å². The molecule has 0 aromatic carbocycles. The molecule has 0 heterocycles. The Morgan fingerprint density at radius 1 is 1.10 bits per heavy atom. The van der Waals surface area contributed by atoms with Crippen LogP contribution in [0.2, 0.25) is 0 Å². The number of aliphatic carboxylic acids is 1. The van der Waals surface area contributed by atoms with Gasteiger partial charge in [0.05, 0.1) is 13.0 Å². The van der Waals surface area contributed by atoms with Gasteiger partial charge in [0.2, 0.25) is 5.91 Å². The lowest BCUT2D eigenvalue weighted by Gasteiger charge is -2.13. The van der Waals surface area contributed by atoms with Crippen molar-refractivity contribution in [2.75, 3.05) is 6.61 Å². The number of hydrogen-bond acceptors (Lipinski definition) is 5. The maximum Gasteiger partial charge on any atom is 0.326 e. The van der Waals surface area contributed by atoms with E-state index in [4.69, 9.17) is 5.11 Å². The Morgan fingerprint density at radius 2 is 1.75 bits per heavy atom. The summed E-state index contributed by atoms with van der Waals surface area (Å²) in [5.74, 6) is -2.31. The Balaban J connectivity index is 4.17. The van der Waals surface area contributed by atoms with Crippen LogP contribution in [0.1, 0.15) is 46.0 Å². The molecule has 20 heavy (non-hydrogen) atoms. The zero-order chi connectivity index (χ0) is 15.5. The van der Waals surface area contributed by atoms with Crippen molar-refractivity contribution in [3.63, 3.8) is 0 Å². The molecule has 0 unspecified atom stereocenters. The molecule has 0 bridgehead atoms. The number of carbonyl (C=O) groups is 4. The van der Waals surface area contributed by atoms with E-state index in [-0.39, 0.29) is 38.1 Å². The van der Waals surface area contributed by atoms with Crippen molar-refractivity contribution >= 4 is 23.6 Å². The predicted octanol–water partition coefficient (Wildman–Crippen LogP) is 0.658. The fourth-order valence-electron chi connectivity index (χ4n) is 1.45. The Kier molecular flexibility index (Phi) is 8.98. The van der Waals surface area contributed by atoms with Gasteiger partial charge in [-0.25, -0.2) is 4.79 Å². The maximum absolute atomic E-state index is 11.5. The Labute approximate surface area is 117 Å². The van der Waals surface area contributed by atoms with E-state index in [1.165, 1.54) is 0 Å². The molecule has 0 fully saturated rings. The third-order valence-corrected chi connectivity index (χ3v) is 2.60. The molecule has 0 saturated heterocycles. The van der Waals surface area contributed by atoms with Gasteiger partial charge in [-0.2, -0.15) is 0 Å². The zero-order valence-corrected chi connectivity index (χ0v) is 11.8. The first-order chi connectivity index (χ1) is 9.40. The normalized spacial score (nSPS) is 11.5. The lowest BCUT2D eigenvalue weighted by Crippen LogP contribution is -2.41. The molecule has 0 spiro atoms. The zero-order valence-electron chi connectivity index (χ0n) is 11.8. The van der Waals surface area contributed by atoms with Crippen molar-refractivity contribution in [1.82, 2.24) is 5.32 Å². The lowest BCUT2D eigenvalue weighted by molar-refractivity contribution is -0.145. The van der Waals surface area contributed by atoms with Crippen LogP contribution in [0.25, 0.3) is 0 Å². The van der Waals surface area contributed by atoms with Gasteiger partial charge in [0, 0.05) is 19.3 Å². The van der Waals surface area contributed by atoms with Crippen LogP contribution < -0.4 is 5.32 Å². The number of carboxylic acids is 1. The Morgan fingerprint density at radius 3 is 2.25 bits per heavy atom. The second-order valence-corrected chi connectivity index (χ2v) is 4.19. The van der Waals surface area contributed by atoms with Gasteiger partial charge in [-0.05, 0) is 13.3 Å². The molecule has 0 saturated carbocycles. The highest BCUT2D eigenvalue weighted by atomic mass is 16.5. The van der Waals surface area contributed by atoms with Gasteiger partial charge in [-0.15, -0.1) is 0 Å². The molecule has 7 heteroatoms. The number of ether oxygens (including phenoxy) is 1. The summed E-state index contributed by atoms with van der Waals surface area (Å²) in [5, 5.41) is 11.2. The first kappa shape index (κ1) is 18.1. The number of rotatable bonds is 10. The minimum atomic E-state index is -1.20. The van der Waals surface area contributed by atoms with Gasteiger partial charge in [-0.1, -0.05) is 6.92 Å². The van der Waals surface area contributed by atoms with Crippen molar-refractivity contribution in [3.8, 4) is 0 Å². The van der Waals surface area contributed by atoms with E-state index in [0.29, 0.717) is 6.42 Å². The average molecular weight is 287 g/mol. The summed E-state index contributed by atoms with van der Waals surface area (Å²) in [6.07, 6.45) is 0.256. The van der Waals surface area contributed by atoms with Crippen LogP contribution in [0, 0.1) is 0 Å². The number of esters is 1. The summed E-state index contributed by atoms with van der Waals surface area (Å²) in [7, 11) is 0. The van der Waals surface area contributed by atoms with Crippen LogP contribution in [0.5, 0.6) is 0 Å². The monoisotopic (exact) mass is 287 g/mol. The molecule has 0 aromatic rings. The van der Waals surface area contributed by atoms with Crippen molar-refractivity contribution < 1.29 is 29.0 Å². The minimum Gasteiger partial charge on any atom is -0.480 e. The van der Waals surface area contributed by atoms with E-state index in [0.717, 1.165) is 0 Å². The second kappa shape index (κ2) is 9.94. The van der Waals surface area contributed by atoms with E-state index in [2.05, 4.69) is 10.1 Å². The minimum absolute atomic E-state index is 0.0488. The van der Waals surface area contributed by atoms with E-state index >= 15 is 0 Å². The smallest absolute Gasteiger partial charge is 0.326 e. The number of carbonyl (C=O) groups excluding carboxylic acids is 3. The quantitative estimate of drug-likeness (QED) is 0.571. The van der Waals surface area contributed by atoms with Crippen LogP contribution in [0.3, 0.4) is 0 Å². The van der Waals surface area contributed by atoms with Crippen LogP contribution in [-0.4, -0.2) is 41.4 Å². The average Bonchev–Trinajstić information content (AvgIpc) is 2.40. The predicted molar refractivity (Wildman–Crippen MR) is 70.0 cm³/mol. The van der Waals surface area contributed by atoms with Gasteiger partial charge in [0.25, 0.3) is 0 Å². The summed E-state index contributed by atoms with van der Waals surface area (Å²) in [5.41, 5.74) is 0. The SMILES string of the molecule is CCOC(=O)CCC(=O)N[C@H](CCC(=O)CC)C(=O)O. The lowest BCUT2D eigenvalue weighted by atomic mass is 10.1. The fraction of sp³-hybridized carbons (Fsp3) is 0.692. The van der Waals surface area contributed by atoms with Crippen molar-refractivity contribution in [1.29, 1.82) is 0 Å². The highest BCUT2D eigenvalue weighted by Gasteiger charge is 2.21. The molecule has 0 radical (unpaired) electrons. The number of amides is 1. The van der Waals surface area contributed by atoms with Gasteiger partial charge in [0.15, 0.2) is 0 Å². The first-order valence-electron chi connectivity index (χ1n) is 6.60. The molecule has 0 aliphatic rings. The molecule has 0 aromatic heterocycles. The van der Waals surface area contributed by atoms with Crippen LogP contribution >= 0.6 is 0 Å². The Bertz CT molecular complexity index is 366. The third-order valence-electron chi connectivity index (χ3n) is 2.60. The molecule has 114 valence electrons. The highest BCUT2D eigenvalue weighted by molar-refractivity contribution is 5.86. The molecule has 7 nitrogen and oxygen atoms in total. The molecule has 1 amide bonds. The van der Waals surface area contributed by atoms with Crippen molar-refractivity contribution in [2.24, 2.45) is 0 Å². The second-order valence-electron chi connectivity index (χ2n) is 4.19. The molecular formula is C13H21NO6. The topological polar surface area (TPSA) is 110 Å². The van der Waals surface area contributed by atoms with E-state index in [1.54, 1.807) is 13.8 Å². The molecule has 0 aliphatic heterocycles. The maximum atomic E-state index is 11.5. The van der Waals surface area contributed by atoms with E-state index in [9.17, 15) is 19.2 Å². The molecular weight excluding hydrogens is 266 g/mol. The van der Waals surface area contributed by atoms with Gasteiger partial charge in [-0.3, -0.25) is 14.4 Å². The number of nitrogens with one attached hydrogen (secondary N) is 1. The van der Waals surface area contributed by atoms with Crippen LogP contribution in [-0.2, 0) is 23.9 Å². The van der Waals surface area contributed by atoms with E-state index < -0.39 is 23.9 Å². The molecule has 0 rings (SSSR count). The molecule has 0 aliphatic carbocycles. The Hall–Kier alpha value is -1.92. The molecule has 1 atom stereocenters. The largest absolute Gasteiger partial charge is 0.480 e. The number of Topliss-reactive ketones (excluding diaryl/α,β-unsaturated/α-hetero) is 1. The number of ketones is 1. The van der Waals surface area contributed by atoms with Crippen molar-refractivity contribution in [2.45, 2.75) is 52.0 Å². The fourth-order valence-corrected chi connectivity index (χ4v) is 1.45. The van der Waals surface area contributed by atoms with Crippen LogP contribution in [0.4, 0.5) is 0 Å². The summed E-state index contributed by atoms with van der Waals surface area (Å²) in [4.78, 5) is 44.7. The van der Waals surface area contributed by atoms with Crippen LogP contribution in [0.15, 0.2) is 0 Å². The highest BCUT2D eigenvalue weighted by Crippen LogP contribution is 2.02. The first-order valence-corrected chi connectivity index (χ1v) is 6.60. The van der Waals surface area contributed by atoms with Crippen molar-refractivity contribution in [3.05, 3.63) is 0 Å². The third kappa shape index (κ3) is 8.23. The summed E-state index contributed by atoms with van der Waals surface area (Å²) < 4.78 is 4.66. The summed E-state index contributed by atoms with van der Waals surface area (Å²) >= 11 is 0.